The molecule has 11 heteroatoms. The second-order valence-electron chi connectivity index (χ2n) is 10.6. The van der Waals surface area contributed by atoms with E-state index in [0.29, 0.717) is 28.1 Å². The predicted molar refractivity (Wildman–Crippen MR) is 175 cm³/mol. The van der Waals surface area contributed by atoms with Crippen molar-refractivity contribution in [2.75, 3.05) is 17.0 Å². The number of sulfone groups is 1. The Morgan fingerprint density at radius 1 is 0.841 bits per heavy atom. The zero-order chi connectivity index (χ0) is 32.3. The second-order valence-corrected chi connectivity index (χ2v) is 12.6. The lowest BCUT2D eigenvalue weighted by Gasteiger charge is -2.25. The zero-order valence-electron chi connectivity index (χ0n) is 25.0. The third-order valence-corrected chi connectivity index (χ3v) is 6.96. The molecule has 0 radical (unpaired) electrons. The maximum Gasteiger partial charge on any atom is 0.410 e. The Balaban J connectivity index is 0.00000124. The monoisotopic (exact) mass is 615 g/mol. The summed E-state index contributed by atoms with van der Waals surface area (Å²) in [6, 6.07) is 28.9. The lowest BCUT2D eigenvalue weighted by molar-refractivity contribution is 0.200. The first kappa shape index (κ1) is 33.3. The van der Waals surface area contributed by atoms with Crippen LogP contribution in [0.5, 0.6) is 0 Å². The van der Waals surface area contributed by atoms with Gasteiger partial charge in [-0.1, -0.05) is 93.6 Å². The molecule has 0 heterocycles. The number of urea groups is 1. The van der Waals surface area contributed by atoms with Gasteiger partial charge in [0.15, 0.2) is 9.84 Å². The third kappa shape index (κ3) is 10.3. The average molecular weight is 616 g/mol. The molecule has 5 N–H and O–H groups in total. The van der Waals surface area contributed by atoms with E-state index in [-0.39, 0.29) is 17.3 Å². The van der Waals surface area contributed by atoms with E-state index in [1.54, 1.807) is 72.8 Å². The number of carboxylic acid groups (broad SMARTS) is 1. The summed E-state index contributed by atoms with van der Waals surface area (Å²) in [6.07, 6.45) is -0.185. The van der Waals surface area contributed by atoms with E-state index in [2.05, 4.69) is 31.5 Å². The Bertz CT molecular complexity index is 1690. The van der Waals surface area contributed by atoms with Gasteiger partial charge in [-0.05, 0) is 47.4 Å². The van der Waals surface area contributed by atoms with E-state index in [0.717, 1.165) is 17.7 Å². The summed E-state index contributed by atoms with van der Waals surface area (Å²) in [5, 5.41) is 23.1. The molecule has 4 rings (SSSR count). The molecule has 4 aromatic carbocycles. The Morgan fingerprint density at radius 3 is 2.07 bits per heavy atom. The van der Waals surface area contributed by atoms with Gasteiger partial charge in [-0.25, -0.2) is 23.0 Å². The molecule has 0 aliphatic heterocycles. The molecular formula is C33H37N5O5S. The molecule has 0 saturated carbocycles. The number of carbonyl (C=O) groups excluding carboxylic acids is 1. The van der Waals surface area contributed by atoms with Gasteiger partial charge in [0.05, 0.1) is 17.1 Å². The molecule has 0 spiro atoms. The molecule has 10 nitrogen and oxygen atoms in total. The maximum atomic E-state index is 13.4. The predicted octanol–water partition coefficient (Wildman–Crippen LogP) is 7.07. The van der Waals surface area contributed by atoms with E-state index in [1.807, 2.05) is 35.6 Å². The third-order valence-electron chi connectivity index (χ3n) is 5.81. The summed E-state index contributed by atoms with van der Waals surface area (Å²) in [4.78, 5) is 24.5. The van der Waals surface area contributed by atoms with Crippen LogP contribution in [-0.2, 0) is 16.4 Å². The van der Waals surface area contributed by atoms with Gasteiger partial charge in [0.2, 0.25) is 0 Å². The highest BCUT2D eigenvalue weighted by atomic mass is 32.2. The topological polar surface area (TPSA) is 152 Å². The van der Waals surface area contributed by atoms with Gasteiger partial charge in [-0.15, -0.1) is 0 Å². The fraction of sp³-hybridized carbons (Fsp3) is 0.182. The number of rotatable bonds is 8. The highest BCUT2D eigenvalue weighted by Crippen LogP contribution is 2.28. The standard InChI is InChI=1S/C29H27N5O5S.C4H10/c1-40(38,39)26-13-6-5-12-25(26)21-14-16-23(17-15-21)31-28(35)34(19-20-8-3-2-4-9-20)33-24-11-7-10-22(18-24)27(30)32-29(36)37;1-4(2)3/h2-18,33H,19H2,1H3,(H2,30,32)(H,31,35)(H,36,37);4H,1-3H3. The minimum atomic E-state index is -3.43. The number of amidine groups is 1. The van der Waals surface area contributed by atoms with Crippen molar-refractivity contribution >= 4 is 39.2 Å². The highest BCUT2D eigenvalue weighted by molar-refractivity contribution is 7.90. The van der Waals surface area contributed by atoms with Crippen LogP contribution in [0.2, 0.25) is 0 Å². The highest BCUT2D eigenvalue weighted by Gasteiger charge is 2.17. The normalized spacial score (nSPS) is 10.7. The summed E-state index contributed by atoms with van der Waals surface area (Å²) in [6.45, 7) is 6.70. The van der Waals surface area contributed by atoms with Gasteiger partial charge in [0.25, 0.3) is 0 Å². The summed E-state index contributed by atoms with van der Waals surface area (Å²) < 4.78 is 24.4. The summed E-state index contributed by atoms with van der Waals surface area (Å²) in [5.74, 6) is 0.535. The lowest BCUT2D eigenvalue weighted by Crippen LogP contribution is -2.39. The van der Waals surface area contributed by atoms with Crippen LogP contribution in [0.3, 0.4) is 0 Å². The number of hydrogen-bond donors (Lipinski definition) is 5. The van der Waals surface area contributed by atoms with Crippen LogP contribution < -0.4 is 16.1 Å². The smallest absolute Gasteiger partial charge is 0.410 e. The Morgan fingerprint density at radius 2 is 1.45 bits per heavy atom. The molecule has 4 aromatic rings. The maximum absolute atomic E-state index is 13.4. The number of carbonyl (C=O) groups is 2. The SMILES string of the molecule is CC(C)C.CS(=O)(=O)c1ccccc1-c1ccc(NC(=O)N(Cc2ccccc2)Nc2cccc(C(=N)NC(=O)O)c2)cc1. The fourth-order valence-electron chi connectivity index (χ4n) is 3.96. The van der Waals surface area contributed by atoms with E-state index >= 15 is 0 Å². The van der Waals surface area contributed by atoms with Gasteiger partial charge in [-0.3, -0.25) is 16.2 Å². The van der Waals surface area contributed by atoms with Crippen molar-refractivity contribution in [3.63, 3.8) is 0 Å². The van der Waals surface area contributed by atoms with Crippen LogP contribution in [0.15, 0.2) is 108 Å². The van der Waals surface area contributed by atoms with Gasteiger partial charge in [-0.2, -0.15) is 0 Å². The van der Waals surface area contributed by atoms with Crippen LogP contribution in [0.1, 0.15) is 31.9 Å². The summed E-state index contributed by atoms with van der Waals surface area (Å²) in [7, 11) is -3.43. The van der Waals surface area contributed by atoms with Crippen LogP contribution in [0, 0.1) is 11.3 Å². The Labute approximate surface area is 258 Å². The molecule has 230 valence electrons. The number of anilines is 2. The molecule has 0 bridgehead atoms. The molecule has 3 amide bonds. The first-order chi connectivity index (χ1) is 20.8. The van der Waals surface area contributed by atoms with Crippen molar-refractivity contribution in [3.8, 4) is 11.1 Å². The van der Waals surface area contributed by atoms with Gasteiger partial charge in [0, 0.05) is 23.1 Å². The first-order valence-corrected chi connectivity index (χ1v) is 15.7. The van der Waals surface area contributed by atoms with Crippen LogP contribution >= 0.6 is 0 Å². The molecule has 0 aromatic heterocycles. The van der Waals surface area contributed by atoms with Crippen molar-refractivity contribution in [1.82, 2.24) is 10.3 Å². The summed E-state index contributed by atoms with van der Waals surface area (Å²) in [5.41, 5.74) is 6.43. The molecular weight excluding hydrogens is 578 g/mol. The molecule has 0 fully saturated rings. The fourth-order valence-corrected chi connectivity index (χ4v) is 4.87. The summed E-state index contributed by atoms with van der Waals surface area (Å²) >= 11 is 0. The number of amides is 3. The van der Waals surface area contributed by atoms with E-state index in [4.69, 9.17) is 10.5 Å². The van der Waals surface area contributed by atoms with Crippen molar-refractivity contribution in [2.45, 2.75) is 32.2 Å². The number of nitrogens with zero attached hydrogens (tertiary/aromatic N) is 1. The molecule has 0 unspecified atom stereocenters. The minimum Gasteiger partial charge on any atom is -0.465 e. The van der Waals surface area contributed by atoms with Crippen molar-refractivity contribution in [1.29, 1.82) is 5.41 Å². The number of hydrazine groups is 1. The molecule has 44 heavy (non-hydrogen) atoms. The van der Waals surface area contributed by atoms with Crippen molar-refractivity contribution in [2.24, 2.45) is 5.92 Å². The van der Waals surface area contributed by atoms with Crippen molar-refractivity contribution < 1.29 is 23.1 Å². The van der Waals surface area contributed by atoms with E-state index in [9.17, 15) is 18.0 Å². The van der Waals surface area contributed by atoms with Crippen molar-refractivity contribution in [3.05, 3.63) is 114 Å². The molecule has 0 atom stereocenters. The van der Waals surface area contributed by atoms with Crippen LogP contribution in [0.25, 0.3) is 11.1 Å². The average Bonchev–Trinajstić information content (AvgIpc) is 2.97. The van der Waals surface area contributed by atoms with Gasteiger partial charge < -0.3 is 10.4 Å². The number of hydrogen-bond acceptors (Lipinski definition) is 6. The number of benzene rings is 4. The molecule has 0 saturated heterocycles. The van der Waals surface area contributed by atoms with Gasteiger partial charge in [0.1, 0.15) is 5.84 Å². The van der Waals surface area contributed by atoms with Gasteiger partial charge >= 0.3 is 12.1 Å². The number of nitrogens with one attached hydrogen (secondary N) is 4. The zero-order valence-corrected chi connectivity index (χ0v) is 25.9. The van der Waals surface area contributed by atoms with E-state index < -0.39 is 22.0 Å². The molecule has 0 aliphatic rings. The van der Waals surface area contributed by atoms with Crippen LogP contribution in [0.4, 0.5) is 21.0 Å². The largest absolute Gasteiger partial charge is 0.465 e. The second kappa shape index (κ2) is 15.4. The first-order valence-electron chi connectivity index (χ1n) is 13.8. The molecule has 0 aliphatic carbocycles. The minimum absolute atomic E-state index is 0.196. The Hall–Kier alpha value is -5.16. The Kier molecular flexibility index (Phi) is 11.6. The quantitative estimate of drug-likeness (QED) is 0.0812. The van der Waals surface area contributed by atoms with Crippen LogP contribution in [-0.4, -0.2) is 42.7 Å². The van der Waals surface area contributed by atoms with E-state index in [1.165, 1.54) is 5.01 Å². The lowest BCUT2D eigenvalue weighted by atomic mass is 10.1.